The van der Waals surface area contributed by atoms with Crippen molar-refractivity contribution < 1.29 is 9.18 Å². The molecule has 0 bridgehead atoms. The second kappa shape index (κ2) is 5.35. The molecule has 3 N–H and O–H groups in total. The van der Waals surface area contributed by atoms with Crippen LogP contribution in [0.15, 0.2) is 18.2 Å². The van der Waals surface area contributed by atoms with E-state index in [-0.39, 0.29) is 17.8 Å². The molecule has 98 valence electrons. The average molecular weight is 251 g/mol. The molecule has 5 heteroatoms. The van der Waals surface area contributed by atoms with Gasteiger partial charge in [0.05, 0.1) is 6.54 Å². The Kier molecular flexibility index (Phi) is 3.81. The fourth-order valence-electron chi connectivity index (χ4n) is 2.19. The number of carbonyl (C=O) groups excluding carboxylic acids is 1. The molecule has 1 saturated heterocycles. The first-order chi connectivity index (χ1) is 8.58. The highest BCUT2D eigenvalue weighted by atomic mass is 19.1. The smallest absolute Gasteiger partial charge is 0.239 e. The van der Waals surface area contributed by atoms with Crippen LogP contribution in [0.3, 0.4) is 0 Å². The molecule has 0 aliphatic carbocycles. The van der Waals surface area contributed by atoms with Gasteiger partial charge in [-0.1, -0.05) is 0 Å². The lowest BCUT2D eigenvalue weighted by Crippen LogP contribution is -2.34. The van der Waals surface area contributed by atoms with Crippen molar-refractivity contribution in [3.05, 3.63) is 29.6 Å². The minimum atomic E-state index is -0.301. The highest BCUT2D eigenvalue weighted by molar-refractivity contribution is 5.82. The Morgan fingerprint density at radius 1 is 1.50 bits per heavy atom. The van der Waals surface area contributed by atoms with Crippen LogP contribution < -0.4 is 16.0 Å². The zero-order valence-electron chi connectivity index (χ0n) is 10.4. The number of benzene rings is 1. The number of anilines is 1. The fraction of sp³-hybridized carbons (Fsp3) is 0.462. The Morgan fingerprint density at radius 2 is 2.28 bits per heavy atom. The Bertz CT molecular complexity index is 448. The van der Waals surface area contributed by atoms with Crippen LogP contribution >= 0.6 is 0 Å². The first-order valence-electron chi connectivity index (χ1n) is 6.14. The minimum Gasteiger partial charge on any atom is -0.362 e. The van der Waals surface area contributed by atoms with Gasteiger partial charge < -0.3 is 16.0 Å². The van der Waals surface area contributed by atoms with Gasteiger partial charge in [-0.3, -0.25) is 4.79 Å². The van der Waals surface area contributed by atoms with Gasteiger partial charge in [-0.2, -0.15) is 0 Å². The molecule has 0 aromatic heterocycles. The number of nitrogens with two attached hydrogens (primary N) is 1. The molecule has 1 aromatic rings. The molecule has 0 radical (unpaired) electrons. The zero-order valence-corrected chi connectivity index (χ0v) is 10.4. The van der Waals surface area contributed by atoms with Crippen molar-refractivity contribution in [2.24, 2.45) is 5.73 Å². The zero-order chi connectivity index (χ0) is 13.1. The number of hydrogen-bond donors (Lipinski definition) is 2. The van der Waals surface area contributed by atoms with E-state index in [1.165, 1.54) is 12.1 Å². The van der Waals surface area contributed by atoms with E-state index in [1.807, 2.05) is 11.8 Å². The second-order valence-electron chi connectivity index (χ2n) is 4.62. The van der Waals surface area contributed by atoms with Gasteiger partial charge in [0.25, 0.3) is 0 Å². The van der Waals surface area contributed by atoms with E-state index in [2.05, 4.69) is 5.32 Å². The number of halogens is 1. The van der Waals surface area contributed by atoms with Gasteiger partial charge >= 0.3 is 0 Å². The van der Waals surface area contributed by atoms with Crippen molar-refractivity contribution in [2.75, 3.05) is 24.5 Å². The molecule has 1 atom stereocenters. The van der Waals surface area contributed by atoms with Crippen LogP contribution in [0, 0.1) is 5.82 Å². The molecule has 2 rings (SSSR count). The van der Waals surface area contributed by atoms with Crippen LogP contribution in [-0.4, -0.2) is 25.5 Å². The molecule has 1 heterocycles. The second-order valence-corrected chi connectivity index (χ2v) is 4.62. The summed E-state index contributed by atoms with van der Waals surface area (Å²) < 4.78 is 13.3. The summed E-state index contributed by atoms with van der Waals surface area (Å²) in [6.07, 6.45) is 0.876. The normalized spacial score (nSPS) is 18.2. The van der Waals surface area contributed by atoms with E-state index in [4.69, 9.17) is 5.73 Å². The summed E-state index contributed by atoms with van der Waals surface area (Å²) in [4.78, 5) is 13.5. The molecular weight excluding hydrogens is 233 g/mol. The van der Waals surface area contributed by atoms with E-state index in [1.54, 1.807) is 6.07 Å². The highest BCUT2D eigenvalue weighted by Crippen LogP contribution is 2.26. The van der Waals surface area contributed by atoms with E-state index >= 15 is 0 Å². The van der Waals surface area contributed by atoms with E-state index in [9.17, 15) is 9.18 Å². The summed E-state index contributed by atoms with van der Waals surface area (Å²) in [5.41, 5.74) is 7.46. The molecule has 1 unspecified atom stereocenters. The quantitative estimate of drug-likeness (QED) is 0.829. The Morgan fingerprint density at radius 3 is 3.00 bits per heavy atom. The molecule has 1 fully saturated rings. The molecule has 0 saturated carbocycles. The monoisotopic (exact) mass is 251 g/mol. The fourth-order valence-corrected chi connectivity index (χ4v) is 2.19. The Balaban J connectivity index is 2.33. The molecule has 1 aliphatic rings. The van der Waals surface area contributed by atoms with Crippen LogP contribution in [0.2, 0.25) is 0 Å². The number of amides is 1. The maximum Gasteiger partial charge on any atom is 0.239 e. The third-order valence-corrected chi connectivity index (χ3v) is 3.08. The van der Waals surface area contributed by atoms with Crippen LogP contribution in [0.1, 0.15) is 24.9 Å². The predicted molar refractivity (Wildman–Crippen MR) is 68.8 cm³/mol. The van der Waals surface area contributed by atoms with Crippen LogP contribution in [0.4, 0.5) is 10.1 Å². The molecule has 1 aromatic carbocycles. The molecule has 4 nitrogen and oxygen atoms in total. The first kappa shape index (κ1) is 12.8. The molecule has 0 spiro atoms. The largest absolute Gasteiger partial charge is 0.362 e. The molecule has 1 aliphatic heterocycles. The Hall–Kier alpha value is -1.62. The SMILES string of the molecule is CC(N)c1cc(F)ccc1N1CCCNC(=O)C1. The predicted octanol–water partition coefficient (Wildman–Crippen LogP) is 1.17. The van der Waals surface area contributed by atoms with Gasteiger partial charge in [-0.05, 0) is 37.1 Å². The lowest BCUT2D eigenvalue weighted by atomic mass is 10.1. The summed E-state index contributed by atoms with van der Waals surface area (Å²) in [6, 6.07) is 4.29. The van der Waals surface area contributed by atoms with Gasteiger partial charge in [-0.25, -0.2) is 4.39 Å². The Labute approximate surface area is 106 Å². The van der Waals surface area contributed by atoms with E-state index in [0.29, 0.717) is 13.1 Å². The third kappa shape index (κ3) is 2.79. The number of hydrogen-bond acceptors (Lipinski definition) is 3. The van der Waals surface area contributed by atoms with Crippen LogP contribution in [-0.2, 0) is 4.79 Å². The van der Waals surface area contributed by atoms with E-state index < -0.39 is 0 Å². The minimum absolute atomic E-state index is 0.00699. The van der Waals surface area contributed by atoms with Gasteiger partial charge in [-0.15, -0.1) is 0 Å². The lowest BCUT2D eigenvalue weighted by Gasteiger charge is -2.25. The third-order valence-electron chi connectivity index (χ3n) is 3.08. The molecule has 18 heavy (non-hydrogen) atoms. The van der Waals surface area contributed by atoms with Crippen LogP contribution in [0.5, 0.6) is 0 Å². The van der Waals surface area contributed by atoms with Crippen molar-refractivity contribution in [3.63, 3.8) is 0 Å². The van der Waals surface area contributed by atoms with Gasteiger partial charge in [0.1, 0.15) is 5.82 Å². The molecule has 1 amide bonds. The van der Waals surface area contributed by atoms with Crippen molar-refractivity contribution in [2.45, 2.75) is 19.4 Å². The number of nitrogens with zero attached hydrogens (tertiary/aromatic N) is 1. The summed E-state index contributed by atoms with van der Waals surface area (Å²) in [5, 5.41) is 2.82. The van der Waals surface area contributed by atoms with E-state index in [0.717, 1.165) is 24.2 Å². The molecular formula is C13H18FN3O. The van der Waals surface area contributed by atoms with Gasteiger partial charge in [0, 0.05) is 24.8 Å². The highest BCUT2D eigenvalue weighted by Gasteiger charge is 2.19. The summed E-state index contributed by atoms with van der Waals surface area (Å²) >= 11 is 0. The topological polar surface area (TPSA) is 58.4 Å². The maximum absolute atomic E-state index is 13.3. The van der Waals surface area contributed by atoms with Crippen molar-refractivity contribution in [1.82, 2.24) is 5.32 Å². The summed E-state index contributed by atoms with van der Waals surface area (Å²) in [6.45, 7) is 3.57. The van der Waals surface area contributed by atoms with Gasteiger partial charge in [0.2, 0.25) is 5.91 Å². The maximum atomic E-state index is 13.3. The standard InChI is InChI=1S/C13H18FN3O/c1-9(15)11-7-10(14)3-4-12(11)17-6-2-5-16-13(18)8-17/h3-4,7,9H,2,5-6,8,15H2,1H3,(H,16,18). The van der Waals surface area contributed by atoms with Crippen LogP contribution in [0.25, 0.3) is 0 Å². The number of carbonyl (C=O) groups is 1. The number of rotatable bonds is 2. The number of nitrogens with one attached hydrogen (secondary N) is 1. The van der Waals surface area contributed by atoms with Gasteiger partial charge in [0.15, 0.2) is 0 Å². The summed E-state index contributed by atoms with van der Waals surface area (Å²) in [5.74, 6) is -0.308. The average Bonchev–Trinajstić information content (AvgIpc) is 2.53. The summed E-state index contributed by atoms with van der Waals surface area (Å²) in [7, 11) is 0. The van der Waals surface area contributed by atoms with Crippen molar-refractivity contribution in [1.29, 1.82) is 0 Å². The first-order valence-corrected chi connectivity index (χ1v) is 6.14. The van der Waals surface area contributed by atoms with Crippen molar-refractivity contribution >= 4 is 11.6 Å². The lowest BCUT2D eigenvalue weighted by molar-refractivity contribution is -0.119. The van der Waals surface area contributed by atoms with Crippen molar-refractivity contribution in [3.8, 4) is 0 Å².